The first-order valence-corrected chi connectivity index (χ1v) is 4.66. The van der Waals surface area contributed by atoms with Gasteiger partial charge in [0.05, 0.1) is 0 Å². The van der Waals surface area contributed by atoms with E-state index >= 15 is 0 Å². The van der Waals surface area contributed by atoms with Crippen LogP contribution in [0.1, 0.15) is 26.7 Å². The molecule has 1 rings (SSSR count). The summed E-state index contributed by atoms with van der Waals surface area (Å²) in [4.78, 5) is 2.59. The summed E-state index contributed by atoms with van der Waals surface area (Å²) in [5.74, 6) is 0. The van der Waals surface area contributed by atoms with E-state index in [4.69, 9.17) is 0 Å². The fourth-order valence-corrected chi connectivity index (χ4v) is 1.93. The van der Waals surface area contributed by atoms with Gasteiger partial charge in [0, 0.05) is 25.2 Å². The van der Waals surface area contributed by atoms with Crippen LogP contribution in [0.25, 0.3) is 0 Å². The molecule has 0 aliphatic carbocycles. The molecule has 0 aromatic heterocycles. The summed E-state index contributed by atoms with van der Waals surface area (Å²) in [6, 6.07) is 1.61. The van der Waals surface area contributed by atoms with E-state index in [2.05, 4.69) is 24.1 Å². The highest BCUT2D eigenvalue weighted by Gasteiger charge is 2.25. The van der Waals surface area contributed by atoms with Crippen molar-refractivity contribution in [3.63, 3.8) is 0 Å². The molecule has 0 bridgehead atoms. The lowest BCUT2D eigenvalue weighted by Crippen LogP contribution is -2.37. The van der Waals surface area contributed by atoms with Crippen molar-refractivity contribution in [3.05, 3.63) is 0 Å². The molecule has 2 heteroatoms. The Bertz CT molecular complexity index is 104. The molecule has 2 unspecified atom stereocenters. The van der Waals surface area contributed by atoms with E-state index in [-0.39, 0.29) is 0 Å². The van der Waals surface area contributed by atoms with Gasteiger partial charge in [-0.1, -0.05) is 0 Å². The molecule has 1 aliphatic heterocycles. The van der Waals surface area contributed by atoms with Crippen LogP contribution in [0.4, 0.5) is 0 Å². The standard InChI is InChI=1S/C9H20N2/c1-8-4-5-9(2)11(8)7-6-10-3/h8-10H,4-7H2,1-3H3. The number of likely N-dealkylation sites (N-methyl/N-ethyl adjacent to an activating group) is 1. The number of likely N-dealkylation sites (tertiary alicyclic amines) is 1. The summed E-state index contributed by atoms with van der Waals surface area (Å²) in [6.07, 6.45) is 2.76. The van der Waals surface area contributed by atoms with E-state index in [0.29, 0.717) is 0 Å². The Balaban J connectivity index is 2.29. The van der Waals surface area contributed by atoms with Crippen molar-refractivity contribution < 1.29 is 0 Å². The predicted molar refractivity (Wildman–Crippen MR) is 48.8 cm³/mol. The van der Waals surface area contributed by atoms with Gasteiger partial charge in [0.2, 0.25) is 0 Å². The molecule has 0 aromatic rings. The summed E-state index contributed by atoms with van der Waals surface area (Å²) in [5, 5.41) is 3.19. The highest BCUT2D eigenvalue weighted by atomic mass is 15.2. The van der Waals surface area contributed by atoms with Crippen LogP contribution in [0.2, 0.25) is 0 Å². The van der Waals surface area contributed by atoms with E-state index in [0.717, 1.165) is 18.6 Å². The lowest BCUT2D eigenvalue weighted by Gasteiger charge is -2.25. The molecule has 0 aromatic carbocycles. The summed E-state index contributed by atoms with van der Waals surface area (Å²) < 4.78 is 0. The minimum Gasteiger partial charge on any atom is -0.318 e. The van der Waals surface area contributed by atoms with Crippen molar-refractivity contribution in [2.75, 3.05) is 20.1 Å². The summed E-state index contributed by atoms with van der Waals surface area (Å²) >= 11 is 0. The molecule has 66 valence electrons. The molecule has 1 heterocycles. The number of hydrogen-bond acceptors (Lipinski definition) is 2. The van der Waals surface area contributed by atoms with Crippen molar-refractivity contribution in [1.82, 2.24) is 10.2 Å². The van der Waals surface area contributed by atoms with Crippen LogP contribution < -0.4 is 5.32 Å². The molecule has 1 N–H and O–H groups in total. The Kier molecular flexibility index (Phi) is 3.34. The molecule has 1 aliphatic rings. The van der Waals surface area contributed by atoms with Gasteiger partial charge in [-0.2, -0.15) is 0 Å². The third-order valence-electron chi connectivity index (χ3n) is 2.75. The second-order valence-corrected chi connectivity index (χ2v) is 3.62. The smallest absolute Gasteiger partial charge is 0.0112 e. The van der Waals surface area contributed by atoms with Gasteiger partial charge < -0.3 is 5.32 Å². The minimum atomic E-state index is 0.804. The molecule has 0 saturated carbocycles. The van der Waals surface area contributed by atoms with E-state index in [1.807, 2.05) is 7.05 Å². The van der Waals surface area contributed by atoms with Crippen LogP contribution in [0.3, 0.4) is 0 Å². The normalized spacial score (nSPS) is 33.0. The first-order chi connectivity index (χ1) is 5.25. The zero-order chi connectivity index (χ0) is 8.27. The number of rotatable bonds is 3. The maximum Gasteiger partial charge on any atom is 0.0112 e. The number of hydrogen-bond donors (Lipinski definition) is 1. The lowest BCUT2D eigenvalue weighted by molar-refractivity contribution is 0.216. The van der Waals surface area contributed by atoms with Crippen molar-refractivity contribution in [2.45, 2.75) is 38.8 Å². The highest BCUT2D eigenvalue weighted by Crippen LogP contribution is 2.22. The molecule has 11 heavy (non-hydrogen) atoms. The van der Waals surface area contributed by atoms with Gasteiger partial charge in [-0.3, -0.25) is 4.90 Å². The van der Waals surface area contributed by atoms with Crippen LogP contribution in [0.5, 0.6) is 0 Å². The largest absolute Gasteiger partial charge is 0.318 e. The van der Waals surface area contributed by atoms with E-state index in [1.54, 1.807) is 0 Å². The topological polar surface area (TPSA) is 15.3 Å². The third kappa shape index (κ3) is 2.17. The highest BCUT2D eigenvalue weighted by molar-refractivity contribution is 4.82. The fourth-order valence-electron chi connectivity index (χ4n) is 1.93. The van der Waals surface area contributed by atoms with Crippen LogP contribution in [0, 0.1) is 0 Å². The van der Waals surface area contributed by atoms with E-state index < -0.39 is 0 Å². The molecular weight excluding hydrogens is 136 g/mol. The maximum absolute atomic E-state index is 3.19. The Labute approximate surface area is 70.0 Å². The van der Waals surface area contributed by atoms with E-state index in [1.165, 1.54) is 19.4 Å². The number of nitrogens with one attached hydrogen (secondary N) is 1. The minimum absolute atomic E-state index is 0.804. The van der Waals surface area contributed by atoms with Gasteiger partial charge in [-0.25, -0.2) is 0 Å². The van der Waals surface area contributed by atoms with E-state index in [9.17, 15) is 0 Å². The Morgan fingerprint density at radius 1 is 1.27 bits per heavy atom. The molecule has 2 atom stereocenters. The molecule has 0 amide bonds. The first-order valence-electron chi connectivity index (χ1n) is 4.66. The van der Waals surface area contributed by atoms with Crippen LogP contribution in [-0.4, -0.2) is 37.1 Å². The Morgan fingerprint density at radius 3 is 2.27 bits per heavy atom. The van der Waals surface area contributed by atoms with Gasteiger partial charge in [0.1, 0.15) is 0 Å². The monoisotopic (exact) mass is 156 g/mol. The molecule has 2 nitrogen and oxygen atoms in total. The summed E-state index contributed by atoms with van der Waals surface area (Å²) in [6.45, 7) is 6.99. The lowest BCUT2D eigenvalue weighted by atomic mass is 10.2. The molecule has 1 saturated heterocycles. The van der Waals surface area contributed by atoms with Gasteiger partial charge in [-0.15, -0.1) is 0 Å². The molecule has 1 fully saturated rings. The van der Waals surface area contributed by atoms with Crippen LogP contribution in [-0.2, 0) is 0 Å². The van der Waals surface area contributed by atoms with Gasteiger partial charge >= 0.3 is 0 Å². The summed E-state index contributed by atoms with van der Waals surface area (Å²) in [7, 11) is 2.02. The fraction of sp³-hybridized carbons (Fsp3) is 1.00. The SMILES string of the molecule is CNCCN1C(C)CCC1C. The third-order valence-corrected chi connectivity index (χ3v) is 2.75. The predicted octanol–water partition coefficient (Wildman–Crippen LogP) is 1.08. The van der Waals surface area contributed by atoms with Crippen molar-refractivity contribution in [3.8, 4) is 0 Å². The zero-order valence-electron chi connectivity index (χ0n) is 7.93. The van der Waals surface area contributed by atoms with Gasteiger partial charge in [-0.05, 0) is 33.7 Å². The average molecular weight is 156 g/mol. The van der Waals surface area contributed by atoms with Crippen molar-refractivity contribution in [2.24, 2.45) is 0 Å². The Morgan fingerprint density at radius 2 is 1.82 bits per heavy atom. The van der Waals surface area contributed by atoms with Crippen LogP contribution >= 0.6 is 0 Å². The van der Waals surface area contributed by atoms with Crippen LogP contribution in [0.15, 0.2) is 0 Å². The van der Waals surface area contributed by atoms with Gasteiger partial charge in [0.25, 0.3) is 0 Å². The second-order valence-electron chi connectivity index (χ2n) is 3.62. The molecule has 0 spiro atoms. The van der Waals surface area contributed by atoms with Gasteiger partial charge in [0.15, 0.2) is 0 Å². The second kappa shape index (κ2) is 4.07. The van der Waals surface area contributed by atoms with Crippen molar-refractivity contribution >= 4 is 0 Å². The maximum atomic E-state index is 3.19. The average Bonchev–Trinajstić information content (AvgIpc) is 2.29. The quantitative estimate of drug-likeness (QED) is 0.658. The zero-order valence-corrected chi connectivity index (χ0v) is 7.93. The molecule has 0 radical (unpaired) electrons. The van der Waals surface area contributed by atoms with Crippen molar-refractivity contribution in [1.29, 1.82) is 0 Å². The first kappa shape index (κ1) is 9.01. The number of nitrogens with zero attached hydrogens (tertiary/aromatic N) is 1. The molecular formula is C9H20N2. The Hall–Kier alpha value is -0.0800. The summed E-state index contributed by atoms with van der Waals surface area (Å²) in [5.41, 5.74) is 0.